The summed E-state index contributed by atoms with van der Waals surface area (Å²) in [5, 5.41) is 0. The fraction of sp³-hybridized carbons (Fsp3) is 0.600. The van der Waals surface area contributed by atoms with Gasteiger partial charge >= 0.3 is 6.18 Å². The van der Waals surface area contributed by atoms with Crippen molar-refractivity contribution >= 4 is 11.4 Å². The number of nitrogen functional groups attached to an aromatic ring is 1. The van der Waals surface area contributed by atoms with E-state index in [2.05, 4.69) is 6.92 Å². The van der Waals surface area contributed by atoms with Crippen molar-refractivity contribution in [2.45, 2.75) is 52.3 Å². The Bertz CT molecular complexity index is 428. The van der Waals surface area contributed by atoms with Crippen molar-refractivity contribution in [3.05, 3.63) is 23.8 Å². The van der Waals surface area contributed by atoms with E-state index in [0.717, 1.165) is 25.3 Å². The Kier molecular flexibility index (Phi) is 5.72. The van der Waals surface area contributed by atoms with Gasteiger partial charge < -0.3 is 10.6 Å². The van der Waals surface area contributed by atoms with Crippen LogP contribution >= 0.6 is 0 Å². The van der Waals surface area contributed by atoms with Gasteiger partial charge in [-0.25, -0.2) is 0 Å². The molecule has 0 bridgehead atoms. The Morgan fingerprint density at radius 2 is 1.85 bits per heavy atom. The van der Waals surface area contributed by atoms with Gasteiger partial charge in [-0.2, -0.15) is 13.2 Å². The second kappa shape index (κ2) is 6.86. The molecule has 0 saturated carbocycles. The van der Waals surface area contributed by atoms with Crippen molar-refractivity contribution in [2.75, 3.05) is 17.2 Å². The van der Waals surface area contributed by atoms with E-state index in [-0.39, 0.29) is 17.4 Å². The molecule has 0 fully saturated rings. The van der Waals surface area contributed by atoms with Crippen LogP contribution in [0.1, 0.15) is 45.6 Å². The number of benzene rings is 1. The van der Waals surface area contributed by atoms with E-state index in [0.29, 0.717) is 6.54 Å². The lowest BCUT2D eigenvalue weighted by molar-refractivity contribution is -0.137. The van der Waals surface area contributed by atoms with Crippen LogP contribution in [0.2, 0.25) is 0 Å². The molecule has 1 aromatic carbocycles. The molecule has 0 aliphatic rings. The summed E-state index contributed by atoms with van der Waals surface area (Å²) >= 11 is 0. The molecule has 0 spiro atoms. The number of anilines is 2. The second-order valence-corrected chi connectivity index (χ2v) is 5.27. The highest BCUT2D eigenvalue weighted by Gasteiger charge is 2.35. The van der Waals surface area contributed by atoms with Crippen LogP contribution in [-0.4, -0.2) is 12.6 Å². The summed E-state index contributed by atoms with van der Waals surface area (Å²) in [6.45, 7) is 6.51. The van der Waals surface area contributed by atoms with Crippen molar-refractivity contribution in [1.29, 1.82) is 0 Å². The van der Waals surface area contributed by atoms with Crippen LogP contribution in [0, 0.1) is 0 Å². The predicted molar refractivity (Wildman–Crippen MR) is 77.9 cm³/mol. The first kappa shape index (κ1) is 16.7. The third-order valence-corrected chi connectivity index (χ3v) is 3.26. The molecule has 2 N–H and O–H groups in total. The van der Waals surface area contributed by atoms with E-state index in [1.807, 2.05) is 13.8 Å². The minimum atomic E-state index is -4.39. The quantitative estimate of drug-likeness (QED) is 0.607. The van der Waals surface area contributed by atoms with Crippen molar-refractivity contribution in [1.82, 2.24) is 0 Å². The maximum Gasteiger partial charge on any atom is 0.418 e. The molecule has 0 aliphatic carbocycles. The molecule has 0 unspecified atom stereocenters. The van der Waals surface area contributed by atoms with Crippen LogP contribution in [0.5, 0.6) is 0 Å². The average molecular weight is 288 g/mol. The zero-order valence-electron chi connectivity index (χ0n) is 12.3. The maximum atomic E-state index is 13.2. The Morgan fingerprint density at radius 3 is 2.35 bits per heavy atom. The minimum Gasteiger partial charge on any atom is -0.399 e. The summed E-state index contributed by atoms with van der Waals surface area (Å²) in [6, 6.07) is 4.03. The molecule has 0 heterocycles. The largest absolute Gasteiger partial charge is 0.418 e. The van der Waals surface area contributed by atoms with Gasteiger partial charge in [0.2, 0.25) is 0 Å². The lowest BCUT2D eigenvalue weighted by Crippen LogP contribution is -2.33. The number of hydrogen-bond donors (Lipinski definition) is 1. The molecule has 1 rings (SSSR count). The summed E-state index contributed by atoms with van der Waals surface area (Å²) in [5.41, 5.74) is 5.21. The lowest BCUT2D eigenvalue weighted by atomic mass is 10.1. The van der Waals surface area contributed by atoms with E-state index in [1.54, 1.807) is 4.90 Å². The van der Waals surface area contributed by atoms with Gasteiger partial charge in [0.15, 0.2) is 0 Å². The lowest BCUT2D eigenvalue weighted by Gasteiger charge is -2.31. The van der Waals surface area contributed by atoms with E-state index >= 15 is 0 Å². The molecular formula is C15H23F3N2. The highest BCUT2D eigenvalue weighted by molar-refractivity contribution is 5.61. The fourth-order valence-corrected chi connectivity index (χ4v) is 2.22. The molecule has 2 nitrogen and oxygen atoms in total. The predicted octanol–water partition coefficient (Wildman–Crippen LogP) is 4.69. The van der Waals surface area contributed by atoms with Gasteiger partial charge in [-0.15, -0.1) is 0 Å². The van der Waals surface area contributed by atoms with Gasteiger partial charge in [-0.1, -0.05) is 19.8 Å². The molecule has 0 atom stereocenters. The number of nitrogens with zero attached hydrogens (tertiary/aromatic N) is 1. The third-order valence-electron chi connectivity index (χ3n) is 3.26. The highest BCUT2D eigenvalue weighted by atomic mass is 19.4. The number of rotatable bonds is 6. The summed E-state index contributed by atoms with van der Waals surface area (Å²) in [4.78, 5) is 1.80. The Balaban J connectivity index is 3.12. The van der Waals surface area contributed by atoms with E-state index in [4.69, 9.17) is 5.73 Å². The Hall–Kier alpha value is -1.39. The first-order valence-electron chi connectivity index (χ1n) is 7.00. The van der Waals surface area contributed by atoms with Crippen molar-refractivity contribution < 1.29 is 13.2 Å². The number of nitrogens with two attached hydrogens (primary N) is 1. The molecule has 114 valence electrons. The first-order chi connectivity index (χ1) is 9.27. The standard InChI is InChI=1S/C15H23F3N2/c1-4-5-6-9-20(11(2)3)14-8-7-12(19)10-13(14)15(16,17)18/h7-8,10-11H,4-6,9,19H2,1-3H3. The van der Waals surface area contributed by atoms with Crippen molar-refractivity contribution in [2.24, 2.45) is 0 Å². The second-order valence-electron chi connectivity index (χ2n) is 5.27. The molecule has 0 radical (unpaired) electrons. The van der Waals surface area contributed by atoms with Crippen molar-refractivity contribution in [3.8, 4) is 0 Å². The summed E-state index contributed by atoms with van der Waals surface area (Å²) in [5.74, 6) is 0. The molecule has 5 heteroatoms. The van der Waals surface area contributed by atoms with Gasteiger partial charge in [0.1, 0.15) is 0 Å². The van der Waals surface area contributed by atoms with Gasteiger partial charge in [0, 0.05) is 24.0 Å². The number of hydrogen-bond acceptors (Lipinski definition) is 2. The zero-order chi connectivity index (χ0) is 15.3. The monoisotopic (exact) mass is 288 g/mol. The maximum absolute atomic E-state index is 13.2. The topological polar surface area (TPSA) is 29.3 Å². The Morgan fingerprint density at radius 1 is 1.20 bits per heavy atom. The van der Waals surface area contributed by atoms with E-state index < -0.39 is 11.7 Å². The zero-order valence-corrected chi connectivity index (χ0v) is 12.3. The van der Waals surface area contributed by atoms with E-state index in [9.17, 15) is 13.2 Å². The summed E-state index contributed by atoms with van der Waals surface area (Å²) in [6.07, 6.45) is -1.45. The number of halogens is 3. The fourth-order valence-electron chi connectivity index (χ4n) is 2.22. The smallest absolute Gasteiger partial charge is 0.399 e. The van der Waals surface area contributed by atoms with Crippen LogP contribution < -0.4 is 10.6 Å². The SMILES string of the molecule is CCCCCN(c1ccc(N)cc1C(F)(F)F)C(C)C. The molecule has 0 amide bonds. The number of unbranched alkanes of at least 4 members (excludes halogenated alkanes) is 2. The Labute approximate surface area is 118 Å². The molecular weight excluding hydrogens is 265 g/mol. The van der Waals surface area contributed by atoms with E-state index in [1.165, 1.54) is 12.1 Å². The molecule has 20 heavy (non-hydrogen) atoms. The highest BCUT2D eigenvalue weighted by Crippen LogP contribution is 2.38. The van der Waals surface area contributed by atoms with Crippen LogP contribution in [0.4, 0.5) is 24.5 Å². The first-order valence-corrected chi connectivity index (χ1v) is 7.00. The minimum absolute atomic E-state index is 0.0107. The van der Waals surface area contributed by atoms with Crippen LogP contribution in [0.15, 0.2) is 18.2 Å². The average Bonchev–Trinajstić information content (AvgIpc) is 2.34. The van der Waals surface area contributed by atoms with Crippen molar-refractivity contribution in [3.63, 3.8) is 0 Å². The third kappa shape index (κ3) is 4.32. The molecule has 0 saturated heterocycles. The molecule has 0 aliphatic heterocycles. The van der Waals surface area contributed by atoms with Crippen LogP contribution in [0.25, 0.3) is 0 Å². The van der Waals surface area contributed by atoms with Gasteiger partial charge in [-0.05, 0) is 38.5 Å². The summed E-state index contributed by atoms with van der Waals surface area (Å²) in [7, 11) is 0. The summed E-state index contributed by atoms with van der Waals surface area (Å²) < 4.78 is 39.5. The van der Waals surface area contributed by atoms with Gasteiger partial charge in [-0.3, -0.25) is 0 Å². The van der Waals surface area contributed by atoms with Crippen LogP contribution in [0.3, 0.4) is 0 Å². The van der Waals surface area contributed by atoms with Gasteiger partial charge in [0.05, 0.1) is 5.56 Å². The van der Waals surface area contributed by atoms with Crippen LogP contribution in [-0.2, 0) is 6.18 Å². The molecule has 1 aromatic rings. The molecule has 0 aromatic heterocycles. The number of alkyl halides is 3. The van der Waals surface area contributed by atoms with Gasteiger partial charge in [0.25, 0.3) is 0 Å². The normalized spacial score (nSPS) is 11.9.